The van der Waals surface area contributed by atoms with E-state index in [0.29, 0.717) is 24.7 Å². The van der Waals surface area contributed by atoms with E-state index in [1.54, 1.807) is 12.4 Å². The number of ether oxygens (including phenoxy) is 2. The summed E-state index contributed by atoms with van der Waals surface area (Å²) in [6.45, 7) is 1.99. The lowest BCUT2D eigenvalue weighted by Crippen LogP contribution is -2.50. The van der Waals surface area contributed by atoms with Crippen molar-refractivity contribution in [3.05, 3.63) is 42.2 Å². The van der Waals surface area contributed by atoms with Crippen molar-refractivity contribution in [3.8, 4) is 0 Å². The normalized spacial score (nSPS) is 24.0. The summed E-state index contributed by atoms with van der Waals surface area (Å²) in [6, 6.07) is 7.60. The Balaban J connectivity index is 1.48. The maximum absolute atomic E-state index is 12.8. The molecule has 1 saturated heterocycles. The van der Waals surface area contributed by atoms with Crippen LogP contribution in [0.3, 0.4) is 0 Å². The molecule has 2 heterocycles. The van der Waals surface area contributed by atoms with E-state index in [9.17, 15) is 4.79 Å². The highest BCUT2D eigenvalue weighted by molar-refractivity contribution is 6.06. The van der Waals surface area contributed by atoms with Crippen LogP contribution in [0.5, 0.6) is 0 Å². The highest BCUT2D eigenvalue weighted by Crippen LogP contribution is 2.30. The van der Waals surface area contributed by atoms with Crippen LogP contribution in [0.4, 0.5) is 0 Å². The zero-order chi connectivity index (χ0) is 16.4. The molecule has 0 bridgehead atoms. The summed E-state index contributed by atoms with van der Waals surface area (Å²) in [7, 11) is 0. The van der Waals surface area contributed by atoms with Crippen LogP contribution in [-0.4, -0.2) is 42.9 Å². The first-order chi connectivity index (χ1) is 11.8. The number of hydrogen-bond acceptors (Lipinski definition) is 4. The summed E-state index contributed by atoms with van der Waals surface area (Å²) >= 11 is 0. The van der Waals surface area contributed by atoms with Gasteiger partial charge in [-0.1, -0.05) is 12.1 Å². The lowest BCUT2D eigenvalue weighted by Gasteiger charge is -2.32. The average molecular weight is 326 g/mol. The van der Waals surface area contributed by atoms with Gasteiger partial charge in [-0.2, -0.15) is 0 Å². The Labute approximate surface area is 141 Å². The second-order valence-electron chi connectivity index (χ2n) is 6.66. The van der Waals surface area contributed by atoms with E-state index in [-0.39, 0.29) is 18.1 Å². The zero-order valence-electron chi connectivity index (χ0n) is 13.6. The summed E-state index contributed by atoms with van der Waals surface area (Å²) in [6.07, 6.45) is 6.74. The van der Waals surface area contributed by atoms with Crippen molar-refractivity contribution in [2.75, 3.05) is 19.8 Å². The van der Waals surface area contributed by atoms with Crippen LogP contribution >= 0.6 is 0 Å². The Morgan fingerprint density at radius 2 is 2.21 bits per heavy atom. The smallest absolute Gasteiger partial charge is 0.252 e. The molecule has 2 atom stereocenters. The molecular weight excluding hydrogens is 304 g/mol. The third-order valence-electron chi connectivity index (χ3n) is 4.79. The molecule has 5 heteroatoms. The van der Waals surface area contributed by atoms with Crippen molar-refractivity contribution in [1.82, 2.24) is 10.3 Å². The monoisotopic (exact) mass is 326 g/mol. The molecule has 1 aromatic heterocycles. The molecule has 1 aliphatic carbocycles. The van der Waals surface area contributed by atoms with E-state index in [2.05, 4.69) is 10.3 Å². The summed E-state index contributed by atoms with van der Waals surface area (Å²) in [5.74, 6) is 0.646. The first-order valence-corrected chi connectivity index (χ1v) is 8.64. The predicted molar refractivity (Wildman–Crippen MR) is 90.9 cm³/mol. The van der Waals surface area contributed by atoms with Gasteiger partial charge in [0.05, 0.1) is 12.6 Å². The third kappa shape index (κ3) is 3.42. The van der Waals surface area contributed by atoms with Gasteiger partial charge >= 0.3 is 0 Å². The number of benzene rings is 1. The van der Waals surface area contributed by atoms with Gasteiger partial charge in [0.15, 0.2) is 0 Å². The van der Waals surface area contributed by atoms with Crippen molar-refractivity contribution in [2.45, 2.75) is 31.4 Å². The molecule has 0 radical (unpaired) electrons. The number of hydrogen-bond donors (Lipinski definition) is 1. The lowest BCUT2D eigenvalue weighted by atomic mass is 10.0. The molecule has 24 heavy (non-hydrogen) atoms. The number of nitrogens with one attached hydrogen (secondary N) is 1. The number of carbonyl (C=O) groups excluding carboxylic acids is 1. The minimum atomic E-state index is -0.0567. The Kier molecular flexibility index (Phi) is 4.45. The van der Waals surface area contributed by atoms with Gasteiger partial charge in [-0.05, 0) is 42.7 Å². The second-order valence-corrected chi connectivity index (χ2v) is 6.66. The van der Waals surface area contributed by atoms with Gasteiger partial charge in [-0.25, -0.2) is 0 Å². The number of carbonyl (C=O) groups is 1. The largest absolute Gasteiger partial charge is 0.379 e. The fraction of sp³-hybridized carbons (Fsp3) is 0.474. The van der Waals surface area contributed by atoms with Gasteiger partial charge in [0, 0.05) is 36.6 Å². The van der Waals surface area contributed by atoms with Crippen molar-refractivity contribution in [2.24, 2.45) is 5.92 Å². The Hall–Kier alpha value is -1.98. The topological polar surface area (TPSA) is 60.5 Å². The number of amides is 1. The molecule has 0 unspecified atom stereocenters. The third-order valence-corrected chi connectivity index (χ3v) is 4.79. The Morgan fingerprint density at radius 3 is 3.08 bits per heavy atom. The molecule has 2 fully saturated rings. The highest BCUT2D eigenvalue weighted by Gasteiger charge is 2.31. The van der Waals surface area contributed by atoms with E-state index < -0.39 is 0 Å². The van der Waals surface area contributed by atoms with Crippen molar-refractivity contribution in [3.63, 3.8) is 0 Å². The Morgan fingerprint density at radius 1 is 1.29 bits per heavy atom. The maximum atomic E-state index is 12.8. The fourth-order valence-electron chi connectivity index (χ4n) is 3.15. The minimum absolute atomic E-state index is 0.00194. The second kappa shape index (κ2) is 6.87. The van der Waals surface area contributed by atoms with Crippen LogP contribution < -0.4 is 5.32 Å². The van der Waals surface area contributed by atoms with Crippen LogP contribution in [0.15, 0.2) is 36.7 Å². The SMILES string of the molecule is O=C(N[C@@H]1CCOC[C@H]1OCC1CC1)c1cccc2cnccc12. The van der Waals surface area contributed by atoms with Crippen molar-refractivity contribution >= 4 is 16.7 Å². The van der Waals surface area contributed by atoms with Crippen LogP contribution in [0.25, 0.3) is 10.8 Å². The molecule has 5 nitrogen and oxygen atoms in total. The number of fused-ring (bicyclic) bond motifs is 1. The van der Waals surface area contributed by atoms with Crippen molar-refractivity contribution < 1.29 is 14.3 Å². The molecule has 0 spiro atoms. The first-order valence-electron chi connectivity index (χ1n) is 8.64. The van der Waals surface area contributed by atoms with Crippen LogP contribution in [0.1, 0.15) is 29.6 Å². The summed E-state index contributed by atoms with van der Waals surface area (Å²) in [5.41, 5.74) is 0.683. The molecular formula is C19H22N2O3. The number of nitrogens with zero attached hydrogens (tertiary/aromatic N) is 1. The molecule has 126 valence electrons. The van der Waals surface area contributed by atoms with Crippen LogP contribution in [0.2, 0.25) is 0 Å². The van der Waals surface area contributed by atoms with E-state index >= 15 is 0 Å². The first kappa shape index (κ1) is 15.5. The number of rotatable bonds is 5. The molecule has 2 aromatic rings. The van der Waals surface area contributed by atoms with Gasteiger partial charge in [0.1, 0.15) is 6.10 Å². The standard InChI is InChI=1S/C19H22N2O3/c22-19(16-3-1-2-14-10-20-8-6-15(14)16)21-17-7-9-23-12-18(17)24-11-13-4-5-13/h1-3,6,8,10,13,17-18H,4-5,7,9,11-12H2,(H,21,22)/t17-,18-/m1/s1. The van der Waals surface area contributed by atoms with Gasteiger partial charge in [0.2, 0.25) is 0 Å². The molecule has 1 N–H and O–H groups in total. The summed E-state index contributed by atoms with van der Waals surface area (Å²) in [5, 5.41) is 5.05. The highest BCUT2D eigenvalue weighted by atomic mass is 16.5. The fourth-order valence-corrected chi connectivity index (χ4v) is 3.15. The summed E-state index contributed by atoms with van der Waals surface area (Å²) in [4.78, 5) is 16.9. The molecule has 1 aromatic carbocycles. The average Bonchev–Trinajstić information content (AvgIpc) is 3.45. The van der Waals surface area contributed by atoms with Crippen LogP contribution in [-0.2, 0) is 9.47 Å². The zero-order valence-corrected chi connectivity index (χ0v) is 13.6. The predicted octanol–water partition coefficient (Wildman–Crippen LogP) is 2.55. The lowest BCUT2D eigenvalue weighted by molar-refractivity contribution is -0.0697. The Bertz CT molecular complexity index is 724. The van der Waals surface area contributed by atoms with E-state index in [1.165, 1.54) is 12.8 Å². The summed E-state index contributed by atoms with van der Waals surface area (Å²) < 4.78 is 11.5. The maximum Gasteiger partial charge on any atom is 0.252 e. The van der Waals surface area contributed by atoms with Crippen LogP contribution in [0, 0.1) is 5.92 Å². The van der Waals surface area contributed by atoms with Gasteiger partial charge in [-0.15, -0.1) is 0 Å². The minimum Gasteiger partial charge on any atom is -0.379 e. The van der Waals surface area contributed by atoms with Gasteiger partial charge < -0.3 is 14.8 Å². The molecule has 1 aliphatic heterocycles. The van der Waals surface area contributed by atoms with Crippen molar-refractivity contribution in [1.29, 1.82) is 0 Å². The number of pyridine rings is 1. The molecule has 2 aliphatic rings. The number of aromatic nitrogens is 1. The quantitative estimate of drug-likeness (QED) is 0.917. The molecule has 1 amide bonds. The van der Waals surface area contributed by atoms with Gasteiger partial charge in [0.25, 0.3) is 5.91 Å². The van der Waals surface area contributed by atoms with E-state index in [4.69, 9.17) is 9.47 Å². The molecule has 1 saturated carbocycles. The molecule has 4 rings (SSSR count). The van der Waals surface area contributed by atoms with Gasteiger partial charge in [-0.3, -0.25) is 9.78 Å². The van der Waals surface area contributed by atoms with E-state index in [0.717, 1.165) is 23.8 Å². The van der Waals surface area contributed by atoms with E-state index in [1.807, 2.05) is 24.3 Å².